The number of carbonyl (C=O) groups is 1. The van der Waals surface area contributed by atoms with Gasteiger partial charge in [0.05, 0.1) is 12.1 Å². The van der Waals surface area contributed by atoms with Crippen LogP contribution >= 0.6 is 0 Å². The summed E-state index contributed by atoms with van der Waals surface area (Å²) in [5, 5.41) is 30.6. The van der Waals surface area contributed by atoms with E-state index in [-0.39, 0.29) is 18.4 Å². The fraction of sp³-hybridized carbons (Fsp3) is 0.889. The topological polar surface area (TPSA) is 89.8 Å². The molecule has 5 nitrogen and oxygen atoms in total. The maximum absolute atomic E-state index is 10.8. The molecule has 0 bridgehead atoms. The Balaban J connectivity index is 2.54. The van der Waals surface area contributed by atoms with Gasteiger partial charge in [0, 0.05) is 19.4 Å². The van der Waals surface area contributed by atoms with Crippen LogP contribution in [0, 0.1) is 5.92 Å². The van der Waals surface area contributed by atoms with Crippen molar-refractivity contribution in [3.63, 3.8) is 0 Å². The lowest BCUT2D eigenvalue weighted by Gasteiger charge is -2.36. The van der Waals surface area contributed by atoms with Crippen LogP contribution in [0.5, 0.6) is 0 Å². The van der Waals surface area contributed by atoms with Crippen LogP contribution in [-0.4, -0.2) is 46.1 Å². The maximum atomic E-state index is 10.8. The van der Waals surface area contributed by atoms with Crippen LogP contribution in [0.2, 0.25) is 0 Å². The van der Waals surface area contributed by atoms with E-state index in [1.54, 1.807) is 0 Å². The van der Waals surface area contributed by atoms with E-state index in [1.807, 2.05) is 0 Å². The summed E-state index contributed by atoms with van der Waals surface area (Å²) < 4.78 is 0. The molecule has 1 fully saturated rings. The quantitative estimate of drug-likeness (QED) is 0.445. The smallest absolute Gasteiger partial charge is 0.217 e. The molecule has 1 rings (SSSR count). The van der Waals surface area contributed by atoms with E-state index in [4.69, 9.17) is 5.11 Å². The van der Waals surface area contributed by atoms with E-state index in [9.17, 15) is 15.0 Å². The summed E-state index contributed by atoms with van der Waals surface area (Å²) in [5.74, 6) is -0.501. The Kier molecular flexibility index (Phi) is 3.86. The van der Waals surface area contributed by atoms with Gasteiger partial charge in [0.1, 0.15) is 6.10 Å². The summed E-state index contributed by atoms with van der Waals surface area (Å²) in [6.45, 7) is 1.24. The zero-order chi connectivity index (χ0) is 10.7. The van der Waals surface area contributed by atoms with Gasteiger partial charge in [0.25, 0.3) is 0 Å². The fourth-order valence-electron chi connectivity index (χ4n) is 1.87. The Hall–Kier alpha value is -0.650. The molecular formula is C9H17NO4. The van der Waals surface area contributed by atoms with Gasteiger partial charge < -0.3 is 20.6 Å². The van der Waals surface area contributed by atoms with Gasteiger partial charge in [-0.2, -0.15) is 0 Å². The van der Waals surface area contributed by atoms with Gasteiger partial charge in [-0.05, 0) is 12.8 Å². The van der Waals surface area contributed by atoms with Crippen molar-refractivity contribution in [2.75, 3.05) is 6.61 Å². The number of hydrogen-bond acceptors (Lipinski definition) is 4. The second kappa shape index (κ2) is 4.72. The molecule has 1 aliphatic carbocycles. The summed E-state index contributed by atoms with van der Waals surface area (Å²) in [6, 6.07) is -0.398. The number of nitrogens with one attached hydrogen (secondary N) is 1. The molecule has 5 heteroatoms. The van der Waals surface area contributed by atoms with Crippen LogP contribution < -0.4 is 5.32 Å². The highest BCUT2D eigenvalue weighted by Gasteiger charge is 2.37. The van der Waals surface area contributed by atoms with Gasteiger partial charge in [0.2, 0.25) is 5.91 Å². The van der Waals surface area contributed by atoms with E-state index < -0.39 is 18.2 Å². The van der Waals surface area contributed by atoms with Crippen molar-refractivity contribution in [2.45, 2.75) is 38.0 Å². The first-order valence-corrected chi connectivity index (χ1v) is 4.80. The summed E-state index contributed by atoms with van der Waals surface area (Å²) >= 11 is 0. The van der Waals surface area contributed by atoms with Gasteiger partial charge in [-0.25, -0.2) is 0 Å². The maximum Gasteiger partial charge on any atom is 0.217 e. The molecule has 1 amide bonds. The summed E-state index contributed by atoms with van der Waals surface area (Å²) in [4.78, 5) is 10.8. The third kappa shape index (κ3) is 2.43. The average Bonchev–Trinajstić information content (AvgIpc) is 2.13. The van der Waals surface area contributed by atoms with E-state index in [1.165, 1.54) is 6.92 Å². The Morgan fingerprint density at radius 3 is 2.50 bits per heavy atom. The lowest BCUT2D eigenvalue weighted by Crippen LogP contribution is -2.54. The average molecular weight is 203 g/mol. The molecule has 0 aromatic rings. The van der Waals surface area contributed by atoms with Gasteiger partial charge in [-0.3, -0.25) is 4.79 Å². The molecule has 0 aliphatic heterocycles. The first-order valence-electron chi connectivity index (χ1n) is 4.80. The molecule has 0 aromatic heterocycles. The largest absolute Gasteiger partial charge is 0.396 e. The SMILES string of the molecule is CC(=O)N[C@H]1CC[C@H](CO)[C@@H](O)[C@@H]1O. The van der Waals surface area contributed by atoms with Crippen molar-refractivity contribution in [3.05, 3.63) is 0 Å². The highest BCUT2D eigenvalue weighted by Crippen LogP contribution is 2.24. The summed E-state index contributed by atoms with van der Waals surface area (Å²) in [7, 11) is 0. The molecule has 0 aromatic carbocycles. The number of amides is 1. The monoisotopic (exact) mass is 203 g/mol. The molecule has 0 unspecified atom stereocenters. The van der Waals surface area contributed by atoms with Crippen molar-refractivity contribution in [1.82, 2.24) is 5.32 Å². The third-order valence-electron chi connectivity index (χ3n) is 2.72. The van der Waals surface area contributed by atoms with Crippen LogP contribution in [0.15, 0.2) is 0 Å². The highest BCUT2D eigenvalue weighted by atomic mass is 16.3. The third-order valence-corrected chi connectivity index (χ3v) is 2.72. The first kappa shape index (κ1) is 11.4. The van der Waals surface area contributed by atoms with E-state index >= 15 is 0 Å². The van der Waals surface area contributed by atoms with Gasteiger partial charge in [-0.15, -0.1) is 0 Å². The van der Waals surface area contributed by atoms with Gasteiger partial charge in [-0.1, -0.05) is 0 Å². The Morgan fingerprint density at radius 2 is 2.00 bits per heavy atom. The predicted molar refractivity (Wildman–Crippen MR) is 49.4 cm³/mol. The van der Waals surface area contributed by atoms with E-state index in [2.05, 4.69) is 5.32 Å². The van der Waals surface area contributed by atoms with E-state index in [0.717, 1.165) is 0 Å². The molecule has 0 spiro atoms. The molecule has 0 heterocycles. The van der Waals surface area contributed by atoms with Crippen molar-refractivity contribution in [3.8, 4) is 0 Å². The Bertz CT molecular complexity index is 209. The number of carbonyl (C=O) groups excluding carboxylic acids is 1. The number of rotatable bonds is 2. The Labute approximate surface area is 82.7 Å². The van der Waals surface area contributed by atoms with Crippen LogP contribution in [0.25, 0.3) is 0 Å². The molecule has 82 valence electrons. The Morgan fingerprint density at radius 1 is 1.36 bits per heavy atom. The van der Waals surface area contributed by atoms with Crippen LogP contribution in [0.4, 0.5) is 0 Å². The molecule has 4 N–H and O–H groups in total. The number of hydrogen-bond donors (Lipinski definition) is 4. The van der Waals surface area contributed by atoms with Crippen molar-refractivity contribution < 1.29 is 20.1 Å². The number of aliphatic hydroxyl groups is 3. The molecular weight excluding hydrogens is 186 g/mol. The zero-order valence-electron chi connectivity index (χ0n) is 8.18. The lowest BCUT2D eigenvalue weighted by atomic mass is 9.82. The van der Waals surface area contributed by atoms with E-state index in [0.29, 0.717) is 12.8 Å². The standard InChI is InChI=1S/C9H17NO4/c1-5(12)10-7-3-2-6(4-11)8(13)9(7)14/h6-9,11,13-14H,2-4H2,1H3,(H,10,12)/t6-,7+,8-,9-/m1/s1. The molecule has 0 radical (unpaired) electrons. The summed E-state index contributed by atoms with van der Waals surface area (Å²) in [5.41, 5.74) is 0. The lowest BCUT2D eigenvalue weighted by molar-refractivity contribution is -0.124. The minimum absolute atomic E-state index is 0.134. The molecule has 1 aliphatic rings. The minimum Gasteiger partial charge on any atom is -0.396 e. The first-order chi connectivity index (χ1) is 6.56. The molecule has 4 atom stereocenters. The van der Waals surface area contributed by atoms with Gasteiger partial charge >= 0.3 is 0 Å². The number of aliphatic hydroxyl groups excluding tert-OH is 3. The predicted octanol–water partition coefficient (Wildman–Crippen LogP) is -1.38. The molecule has 14 heavy (non-hydrogen) atoms. The second-order valence-corrected chi connectivity index (χ2v) is 3.81. The second-order valence-electron chi connectivity index (χ2n) is 3.81. The zero-order valence-corrected chi connectivity index (χ0v) is 8.18. The van der Waals surface area contributed by atoms with Crippen molar-refractivity contribution >= 4 is 5.91 Å². The van der Waals surface area contributed by atoms with Gasteiger partial charge in [0.15, 0.2) is 0 Å². The molecule has 0 saturated heterocycles. The minimum atomic E-state index is -0.982. The van der Waals surface area contributed by atoms with Crippen LogP contribution in [0.3, 0.4) is 0 Å². The van der Waals surface area contributed by atoms with Crippen LogP contribution in [0.1, 0.15) is 19.8 Å². The normalized spacial score (nSPS) is 38.0. The van der Waals surface area contributed by atoms with Crippen molar-refractivity contribution in [2.24, 2.45) is 5.92 Å². The molecule has 1 saturated carbocycles. The van der Waals surface area contributed by atoms with Crippen molar-refractivity contribution in [1.29, 1.82) is 0 Å². The highest BCUT2D eigenvalue weighted by molar-refractivity contribution is 5.73. The fourth-order valence-corrected chi connectivity index (χ4v) is 1.87. The summed E-state index contributed by atoms with van der Waals surface area (Å²) in [6.07, 6.45) is -0.738. The van der Waals surface area contributed by atoms with Crippen LogP contribution in [-0.2, 0) is 4.79 Å².